The van der Waals surface area contributed by atoms with Gasteiger partial charge in [-0.15, -0.1) is 0 Å². The maximum absolute atomic E-state index is 11.9. The molecule has 1 atom stereocenters. The van der Waals surface area contributed by atoms with Crippen molar-refractivity contribution in [3.8, 4) is 0 Å². The third-order valence-electron chi connectivity index (χ3n) is 2.50. The van der Waals surface area contributed by atoms with Gasteiger partial charge in [0.15, 0.2) is 0 Å². The minimum Gasteiger partial charge on any atom is -0.480 e. The number of aliphatic carboxylic acids is 1. The van der Waals surface area contributed by atoms with Gasteiger partial charge >= 0.3 is 5.97 Å². The lowest BCUT2D eigenvalue weighted by atomic mass is 10.1. The van der Waals surface area contributed by atoms with E-state index >= 15 is 0 Å². The third kappa shape index (κ3) is 10.3. The van der Waals surface area contributed by atoms with Gasteiger partial charge in [0.05, 0.1) is 6.54 Å². The lowest BCUT2D eigenvalue weighted by molar-refractivity contribution is -0.138. The van der Waals surface area contributed by atoms with Gasteiger partial charge in [-0.05, 0) is 25.8 Å². The topological polar surface area (TPSA) is 151 Å². The number of unbranched alkanes of at least 4 members (excludes halogenated alkanes) is 1. The minimum absolute atomic E-state index is 0.348. The molecule has 0 saturated carbocycles. The van der Waals surface area contributed by atoms with Crippen LogP contribution in [0.5, 0.6) is 0 Å². The van der Waals surface area contributed by atoms with Crippen LogP contribution in [0.4, 0.5) is 0 Å². The molecule has 0 bridgehead atoms. The van der Waals surface area contributed by atoms with Gasteiger partial charge in [0, 0.05) is 6.92 Å². The van der Waals surface area contributed by atoms with E-state index in [9.17, 15) is 19.2 Å². The Bertz CT molecular complexity index is 386. The van der Waals surface area contributed by atoms with Crippen LogP contribution in [0.15, 0.2) is 0 Å². The van der Waals surface area contributed by atoms with E-state index in [1.54, 1.807) is 0 Å². The fourth-order valence-corrected chi connectivity index (χ4v) is 1.53. The predicted molar refractivity (Wildman–Crippen MR) is 74.2 cm³/mol. The summed E-state index contributed by atoms with van der Waals surface area (Å²) in [6.45, 7) is 0.925. The van der Waals surface area contributed by atoms with Crippen LogP contribution in [0.25, 0.3) is 0 Å². The maximum atomic E-state index is 11.9. The first-order valence-electron chi connectivity index (χ1n) is 6.60. The van der Waals surface area contributed by atoms with Crippen molar-refractivity contribution in [1.29, 1.82) is 0 Å². The van der Waals surface area contributed by atoms with Crippen LogP contribution in [-0.4, -0.2) is 54.5 Å². The molecule has 0 fully saturated rings. The molecule has 9 nitrogen and oxygen atoms in total. The Morgan fingerprint density at radius 3 is 2.29 bits per heavy atom. The highest BCUT2D eigenvalue weighted by Gasteiger charge is 2.19. The zero-order valence-corrected chi connectivity index (χ0v) is 12.0. The van der Waals surface area contributed by atoms with Crippen molar-refractivity contribution in [2.24, 2.45) is 5.73 Å². The number of hydrogen-bond donors (Lipinski definition) is 5. The Morgan fingerprint density at radius 1 is 1.10 bits per heavy atom. The summed E-state index contributed by atoms with van der Waals surface area (Å²) in [6.07, 6.45) is 1.81. The normalized spacial score (nSPS) is 11.3. The van der Waals surface area contributed by atoms with E-state index in [0.29, 0.717) is 19.4 Å². The second kappa shape index (κ2) is 10.6. The SMILES string of the molecule is CC(=O)N[C@@H](CCCCN)C(=O)NCC(=O)NCC(=O)O. The molecular formula is C12H22N4O5. The molecule has 9 heteroatoms. The van der Waals surface area contributed by atoms with E-state index in [4.69, 9.17) is 10.8 Å². The number of rotatable bonds is 10. The molecule has 0 spiro atoms. The average Bonchev–Trinajstić information content (AvgIpc) is 2.41. The Kier molecular flexibility index (Phi) is 9.52. The summed E-state index contributed by atoms with van der Waals surface area (Å²) >= 11 is 0. The molecule has 0 aromatic rings. The Balaban J connectivity index is 4.22. The van der Waals surface area contributed by atoms with Crippen molar-refractivity contribution in [1.82, 2.24) is 16.0 Å². The zero-order valence-electron chi connectivity index (χ0n) is 12.0. The van der Waals surface area contributed by atoms with Crippen molar-refractivity contribution < 1.29 is 24.3 Å². The van der Waals surface area contributed by atoms with Crippen molar-refractivity contribution in [2.75, 3.05) is 19.6 Å². The minimum atomic E-state index is -1.17. The number of carboxylic acid groups (broad SMARTS) is 1. The van der Waals surface area contributed by atoms with E-state index in [1.165, 1.54) is 6.92 Å². The summed E-state index contributed by atoms with van der Waals surface area (Å²) in [7, 11) is 0. The van der Waals surface area contributed by atoms with Gasteiger partial charge in [-0.3, -0.25) is 19.2 Å². The molecule has 0 aliphatic carbocycles. The molecule has 0 radical (unpaired) electrons. The number of carbonyl (C=O) groups is 4. The number of amides is 3. The van der Waals surface area contributed by atoms with Crippen molar-refractivity contribution in [3.05, 3.63) is 0 Å². The summed E-state index contributed by atoms with van der Waals surface area (Å²) in [5.41, 5.74) is 5.36. The summed E-state index contributed by atoms with van der Waals surface area (Å²) in [5.74, 6) is -2.63. The van der Waals surface area contributed by atoms with Crippen LogP contribution in [0.3, 0.4) is 0 Å². The fourth-order valence-electron chi connectivity index (χ4n) is 1.53. The standard InChI is InChI=1S/C12H22N4O5/c1-8(17)16-9(4-2-3-5-13)12(21)15-6-10(18)14-7-11(19)20/h9H,2-7,13H2,1H3,(H,14,18)(H,15,21)(H,16,17)(H,19,20)/t9-/m0/s1. The molecule has 0 saturated heterocycles. The molecular weight excluding hydrogens is 280 g/mol. The van der Waals surface area contributed by atoms with Gasteiger partial charge in [-0.1, -0.05) is 0 Å². The highest BCUT2D eigenvalue weighted by Crippen LogP contribution is 2.00. The Morgan fingerprint density at radius 2 is 1.76 bits per heavy atom. The quantitative estimate of drug-likeness (QED) is 0.293. The highest BCUT2D eigenvalue weighted by atomic mass is 16.4. The van der Waals surface area contributed by atoms with E-state index in [2.05, 4.69) is 16.0 Å². The van der Waals surface area contributed by atoms with Gasteiger partial charge in [-0.25, -0.2) is 0 Å². The van der Waals surface area contributed by atoms with Crippen LogP contribution < -0.4 is 21.7 Å². The molecule has 0 aromatic heterocycles. The molecule has 120 valence electrons. The van der Waals surface area contributed by atoms with Crippen LogP contribution in [-0.2, 0) is 19.2 Å². The summed E-state index contributed by atoms with van der Waals surface area (Å²) < 4.78 is 0. The summed E-state index contributed by atoms with van der Waals surface area (Å²) in [4.78, 5) is 44.4. The maximum Gasteiger partial charge on any atom is 0.322 e. The summed E-state index contributed by atoms with van der Waals surface area (Å²) in [6, 6.07) is -0.735. The van der Waals surface area contributed by atoms with Crippen molar-refractivity contribution >= 4 is 23.7 Å². The number of hydrogen-bond acceptors (Lipinski definition) is 5. The van der Waals surface area contributed by atoms with E-state index in [-0.39, 0.29) is 12.5 Å². The molecule has 0 unspecified atom stereocenters. The van der Waals surface area contributed by atoms with Crippen LogP contribution in [0.2, 0.25) is 0 Å². The molecule has 0 heterocycles. The van der Waals surface area contributed by atoms with Gasteiger partial charge < -0.3 is 26.8 Å². The number of carboxylic acids is 1. The van der Waals surface area contributed by atoms with Gasteiger partial charge in [0.1, 0.15) is 12.6 Å². The first-order chi connectivity index (χ1) is 9.86. The predicted octanol–water partition coefficient (Wildman–Crippen LogP) is -2.06. The molecule has 3 amide bonds. The average molecular weight is 302 g/mol. The molecule has 0 aromatic carbocycles. The molecule has 0 aliphatic rings. The first-order valence-corrected chi connectivity index (χ1v) is 6.60. The van der Waals surface area contributed by atoms with E-state index < -0.39 is 30.4 Å². The Hall–Kier alpha value is -2.16. The second-order valence-electron chi connectivity index (χ2n) is 4.43. The monoisotopic (exact) mass is 302 g/mol. The summed E-state index contributed by atoms with van der Waals surface area (Å²) in [5, 5.41) is 15.3. The lowest BCUT2D eigenvalue weighted by Crippen LogP contribution is -2.48. The number of carbonyl (C=O) groups excluding carboxylic acids is 3. The van der Waals surface area contributed by atoms with E-state index in [0.717, 1.165) is 6.42 Å². The first kappa shape index (κ1) is 18.8. The smallest absolute Gasteiger partial charge is 0.322 e. The zero-order chi connectivity index (χ0) is 16.3. The Labute approximate surface area is 122 Å². The molecule has 0 rings (SSSR count). The van der Waals surface area contributed by atoms with Crippen LogP contribution in [0, 0.1) is 0 Å². The second-order valence-corrected chi connectivity index (χ2v) is 4.43. The van der Waals surface area contributed by atoms with Crippen molar-refractivity contribution in [2.45, 2.75) is 32.2 Å². The molecule has 6 N–H and O–H groups in total. The highest BCUT2D eigenvalue weighted by molar-refractivity contribution is 5.90. The number of nitrogens with two attached hydrogens (primary N) is 1. The van der Waals surface area contributed by atoms with Crippen LogP contribution in [0.1, 0.15) is 26.2 Å². The molecule has 0 aliphatic heterocycles. The third-order valence-corrected chi connectivity index (χ3v) is 2.50. The van der Waals surface area contributed by atoms with Crippen molar-refractivity contribution in [3.63, 3.8) is 0 Å². The lowest BCUT2D eigenvalue weighted by Gasteiger charge is -2.17. The largest absolute Gasteiger partial charge is 0.480 e. The van der Waals surface area contributed by atoms with Crippen LogP contribution >= 0.6 is 0 Å². The number of nitrogens with one attached hydrogen (secondary N) is 3. The van der Waals surface area contributed by atoms with Gasteiger partial charge in [-0.2, -0.15) is 0 Å². The molecule has 21 heavy (non-hydrogen) atoms. The van der Waals surface area contributed by atoms with E-state index in [1.807, 2.05) is 0 Å². The van der Waals surface area contributed by atoms with Gasteiger partial charge in [0.25, 0.3) is 0 Å². The van der Waals surface area contributed by atoms with Gasteiger partial charge in [0.2, 0.25) is 17.7 Å². The fraction of sp³-hybridized carbons (Fsp3) is 0.667.